The fraction of sp³-hybridized carbons (Fsp3) is 0.650. The lowest BCUT2D eigenvalue weighted by atomic mass is 10.1. The molecule has 1 saturated heterocycles. The number of aryl methyl sites for hydroxylation is 1. The van der Waals surface area contributed by atoms with E-state index < -0.39 is 0 Å². The van der Waals surface area contributed by atoms with Crippen molar-refractivity contribution in [1.29, 1.82) is 0 Å². The van der Waals surface area contributed by atoms with E-state index in [-0.39, 0.29) is 36.5 Å². The molecule has 7 heteroatoms. The summed E-state index contributed by atoms with van der Waals surface area (Å²) in [5.41, 5.74) is 2.25. The van der Waals surface area contributed by atoms with E-state index in [4.69, 9.17) is 9.47 Å². The van der Waals surface area contributed by atoms with Crippen molar-refractivity contribution in [2.45, 2.75) is 33.7 Å². The van der Waals surface area contributed by atoms with Gasteiger partial charge in [-0.05, 0) is 37.8 Å². The van der Waals surface area contributed by atoms with Gasteiger partial charge in [0.15, 0.2) is 5.96 Å². The third-order valence-electron chi connectivity index (χ3n) is 4.40. The number of ether oxygens (including phenoxy) is 2. The molecule has 2 atom stereocenters. The van der Waals surface area contributed by atoms with Gasteiger partial charge in [0.2, 0.25) is 0 Å². The van der Waals surface area contributed by atoms with Gasteiger partial charge < -0.3 is 25.2 Å². The minimum absolute atomic E-state index is 0. The van der Waals surface area contributed by atoms with Crippen molar-refractivity contribution in [1.82, 2.24) is 10.6 Å². The third-order valence-corrected chi connectivity index (χ3v) is 4.40. The average Bonchev–Trinajstić information content (AvgIpc) is 3.16. The average molecular weight is 491 g/mol. The molecule has 0 radical (unpaired) electrons. The molecule has 1 fully saturated rings. The molecule has 154 valence electrons. The zero-order valence-electron chi connectivity index (χ0n) is 16.7. The molecule has 0 spiro atoms. The van der Waals surface area contributed by atoms with E-state index in [1.807, 2.05) is 13.8 Å². The van der Waals surface area contributed by atoms with Gasteiger partial charge in [-0.15, -0.1) is 24.0 Å². The van der Waals surface area contributed by atoms with Gasteiger partial charge >= 0.3 is 0 Å². The molecule has 1 aliphatic rings. The van der Waals surface area contributed by atoms with Gasteiger partial charge in [0, 0.05) is 37.8 Å². The highest BCUT2D eigenvalue weighted by Gasteiger charge is 2.17. The molecule has 0 bridgehead atoms. The highest BCUT2D eigenvalue weighted by molar-refractivity contribution is 14.0. The summed E-state index contributed by atoms with van der Waals surface area (Å²) in [7, 11) is 0. The molecule has 1 heterocycles. The summed E-state index contributed by atoms with van der Waals surface area (Å²) in [5, 5.41) is 15.7. The lowest BCUT2D eigenvalue weighted by Crippen LogP contribution is -2.39. The summed E-state index contributed by atoms with van der Waals surface area (Å²) < 4.78 is 11.5. The Morgan fingerprint density at radius 3 is 2.89 bits per heavy atom. The fourth-order valence-corrected chi connectivity index (χ4v) is 2.69. The highest BCUT2D eigenvalue weighted by atomic mass is 127. The summed E-state index contributed by atoms with van der Waals surface area (Å²) in [6.07, 6.45) is 1.07. The first-order valence-electron chi connectivity index (χ1n) is 9.55. The number of guanidine groups is 1. The van der Waals surface area contributed by atoms with Gasteiger partial charge in [0.25, 0.3) is 0 Å². The molecule has 6 nitrogen and oxygen atoms in total. The smallest absolute Gasteiger partial charge is 0.191 e. The molecule has 0 aliphatic carbocycles. The monoisotopic (exact) mass is 491 g/mol. The Hall–Kier alpha value is -1.06. The van der Waals surface area contributed by atoms with E-state index in [1.54, 1.807) is 0 Å². The first kappa shape index (κ1) is 24.0. The number of hydrogen-bond donors (Lipinski definition) is 3. The Labute approximate surface area is 180 Å². The minimum Gasteiger partial charge on any atom is -0.493 e. The summed E-state index contributed by atoms with van der Waals surface area (Å²) in [6.45, 7) is 10.6. The van der Waals surface area contributed by atoms with Crippen LogP contribution in [0.25, 0.3) is 0 Å². The van der Waals surface area contributed by atoms with E-state index in [0.29, 0.717) is 25.6 Å². The normalized spacial score (nSPS) is 17.9. The van der Waals surface area contributed by atoms with Crippen LogP contribution in [0.3, 0.4) is 0 Å². The second-order valence-electron chi connectivity index (χ2n) is 7.02. The van der Waals surface area contributed by atoms with Gasteiger partial charge in [0.05, 0.1) is 19.8 Å². The molecule has 0 amide bonds. The number of halogens is 1. The molecular weight excluding hydrogens is 457 g/mol. The maximum atomic E-state index is 9.17. The maximum absolute atomic E-state index is 9.17. The highest BCUT2D eigenvalue weighted by Crippen LogP contribution is 2.23. The van der Waals surface area contributed by atoms with Gasteiger partial charge in [-0.3, -0.25) is 0 Å². The molecular formula is C20H34IN3O3. The number of aliphatic hydroxyl groups is 1. The van der Waals surface area contributed by atoms with Crippen molar-refractivity contribution >= 4 is 29.9 Å². The molecule has 0 saturated carbocycles. The molecule has 0 aromatic heterocycles. The SMILES string of the molecule is CCNC(=NCc1ccc(C)cc1OCC1CCOC1)NCC(C)CO.I. The molecule has 1 aromatic rings. The second-order valence-corrected chi connectivity index (χ2v) is 7.02. The predicted octanol–water partition coefficient (Wildman–Crippen LogP) is 2.71. The molecule has 2 rings (SSSR count). The molecule has 3 N–H and O–H groups in total. The van der Waals surface area contributed by atoms with E-state index in [1.165, 1.54) is 5.56 Å². The standard InChI is InChI=1S/C20H33N3O3.HI/c1-4-21-20(22-10-16(3)12-24)23-11-18-6-5-15(2)9-19(18)26-14-17-7-8-25-13-17;/h5-6,9,16-17,24H,4,7-8,10-14H2,1-3H3,(H2,21,22,23);1H. The Kier molecular flexibility index (Phi) is 11.7. The van der Waals surface area contributed by atoms with Crippen LogP contribution in [0, 0.1) is 18.8 Å². The second kappa shape index (κ2) is 13.2. The fourth-order valence-electron chi connectivity index (χ4n) is 2.69. The van der Waals surface area contributed by atoms with Gasteiger partial charge in [0.1, 0.15) is 5.75 Å². The molecule has 1 aliphatic heterocycles. The van der Waals surface area contributed by atoms with Gasteiger partial charge in [-0.1, -0.05) is 19.1 Å². The van der Waals surface area contributed by atoms with E-state index >= 15 is 0 Å². The number of nitrogens with one attached hydrogen (secondary N) is 2. The lowest BCUT2D eigenvalue weighted by molar-refractivity contribution is 0.166. The van der Waals surface area contributed by atoms with Crippen LogP contribution in [0.4, 0.5) is 0 Å². The summed E-state index contributed by atoms with van der Waals surface area (Å²) in [6, 6.07) is 6.25. The van der Waals surface area contributed by atoms with Crippen LogP contribution in [-0.4, -0.2) is 50.6 Å². The quantitative estimate of drug-likeness (QED) is 0.282. The van der Waals surface area contributed by atoms with Crippen molar-refractivity contribution in [3.05, 3.63) is 29.3 Å². The van der Waals surface area contributed by atoms with E-state index in [9.17, 15) is 5.11 Å². The number of rotatable bonds is 9. The molecule has 1 aromatic carbocycles. The van der Waals surface area contributed by atoms with Gasteiger partial charge in [-0.25, -0.2) is 4.99 Å². The number of aliphatic imine (C=N–C) groups is 1. The van der Waals surface area contributed by atoms with Crippen molar-refractivity contribution in [2.24, 2.45) is 16.8 Å². The number of benzene rings is 1. The van der Waals surface area contributed by atoms with Crippen LogP contribution < -0.4 is 15.4 Å². The van der Waals surface area contributed by atoms with Crippen molar-refractivity contribution < 1.29 is 14.6 Å². The van der Waals surface area contributed by atoms with Crippen LogP contribution >= 0.6 is 24.0 Å². The topological polar surface area (TPSA) is 75.1 Å². The van der Waals surface area contributed by atoms with E-state index in [2.05, 4.69) is 40.7 Å². The Morgan fingerprint density at radius 1 is 1.41 bits per heavy atom. The Balaban J connectivity index is 0.00000364. The largest absolute Gasteiger partial charge is 0.493 e. The zero-order chi connectivity index (χ0) is 18.8. The molecule has 27 heavy (non-hydrogen) atoms. The van der Waals surface area contributed by atoms with E-state index in [0.717, 1.165) is 43.5 Å². The summed E-state index contributed by atoms with van der Waals surface area (Å²) in [4.78, 5) is 4.67. The first-order chi connectivity index (χ1) is 12.6. The van der Waals surface area contributed by atoms with Crippen LogP contribution in [0.5, 0.6) is 5.75 Å². The summed E-state index contributed by atoms with van der Waals surface area (Å²) >= 11 is 0. The van der Waals surface area contributed by atoms with Crippen molar-refractivity contribution in [3.63, 3.8) is 0 Å². The van der Waals surface area contributed by atoms with Crippen LogP contribution in [0.15, 0.2) is 23.2 Å². The molecule has 2 unspecified atom stereocenters. The number of hydrogen-bond acceptors (Lipinski definition) is 4. The number of aliphatic hydroxyl groups excluding tert-OH is 1. The van der Waals surface area contributed by atoms with Crippen molar-refractivity contribution in [3.8, 4) is 5.75 Å². The van der Waals surface area contributed by atoms with Gasteiger partial charge in [-0.2, -0.15) is 0 Å². The summed E-state index contributed by atoms with van der Waals surface area (Å²) in [5.74, 6) is 2.32. The minimum atomic E-state index is 0. The van der Waals surface area contributed by atoms with Crippen LogP contribution in [0.2, 0.25) is 0 Å². The van der Waals surface area contributed by atoms with Crippen molar-refractivity contribution in [2.75, 3.05) is 39.5 Å². The third kappa shape index (κ3) is 8.66. The van der Waals surface area contributed by atoms with Crippen LogP contribution in [0.1, 0.15) is 31.4 Å². The zero-order valence-corrected chi connectivity index (χ0v) is 19.0. The first-order valence-corrected chi connectivity index (χ1v) is 9.55. The van der Waals surface area contributed by atoms with Crippen LogP contribution in [-0.2, 0) is 11.3 Å². The predicted molar refractivity (Wildman–Crippen MR) is 120 cm³/mol. The Morgan fingerprint density at radius 2 is 2.22 bits per heavy atom. The maximum Gasteiger partial charge on any atom is 0.191 e. The lowest BCUT2D eigenvalue weighted by Gasteiger charge is -2.16. The number of nitrogens with zero attached hydrogens (tertiary/aromatic N) is 1. The Bertz CT molecular complexity index is 578.